The SMILES string of the molecule is CCNc1cc(NCC2COCCN2)ncn1. The molecule has 0 spiro atoms. The minimum Gasteiger partial charge on any atom is -0.378 e. The maximum absolute atomic E-state index is 5.39. The first-order valence-corrected chi connectivity index (χ1v) is 5.99. The molecule has 1 aliphatic rings. The summed E-state index contributed by atoms with van der Waals surface area (Å²) in [5.41, 5.74) is 0. The third-order valence-electron chi connectivity index (χ3n) is 2.55. The number of hydrogen-bond donors (Lipinski definition) is 3. The first kappa shape index (κ1) is 12.1. The third-order valence-corrected chi connectivity index (χ3v) is 2.55. The molecular weight excluding hydrogens is 218 g/mol. The quantitative estimate of drug-likeness (QED) is 0.684. The van der Waals surface area contributed by atoms with Crippen molar-refractivity contribution in [3.05, 3.63) is 12.4 Å². The lowest BCUT2D eigenvalue weighted by molar-refractivity contribution is 0.0806. The van der Waals surface area contributed by atoms with Crippen LogP contribution < -0.4 is 16.0 Å². The Bertz CT molecular complexity index is 340. The summed E-state index contributed by atoms with van der Waals surface area (Å²) < 4.78 is 5.39. The summed E-state index contributed by atoms with van der Waals surface area (Å²) in [7, 11) is 0. The summed E-state index contributed by atoms with van der Waals surface area (Å²) in [6.45, 7) is 6.17. The Morgan fingerprint density at radius 3 is 2.94 bits per heavy atom. The molecule has 1 aromatic rings. The fourth-order valence-electron chi connectivity index (χ4n) is 1.71. The highest BCUT2D eigenvalue weighted by atomic mass is 16.5. The van der Waals surface area contributed by atoms with Crippen molar-refractivity contribution >= 4 is 11.6 Å². The smallest absolute Gasteiger partial charge is 0.131 e. The fourth-order valence-corrected chi connectivity index (χ4v) is 1.71. The van der Waals surface area contributed by atoms with Crippen molar-refractivity contribution in [3.63, 3.8) is 0 Å². The van der Waals surface area contributed by atoms with Gasteiger partial charge >= 0.3 is 0 Å². The van der Waals surface area contributed by atoms with Crippen LogP contribution in [0.4, 0.5) is 11.6 Å². The van der Waals surface area contributed by atoms with Gasteiger partial charge in [0.05, 0.1) is 13.2 Å². The molecule has 0 radical (unpaired) electrons. The molecule has 0 aromatic carbocycles. The molecular formula is C11H19N5O. The number of nitrogens with one attached hydrogen (secondary N) is 3. The average Bonchev–Trinajstić information content (AvgIpc) is 2.39. The Morgan fingerprint density at radius 1 is 1.41 bits per heavy atom. The topological polar surface area (TPSA) is 71.1 Å². The van der Waals surface area contributed by atoms with Crippen LogP contribution in [-0.4, -0.2) is 48.9 Å². The zero-order valence-electron chi connectivity index (χ0n) is 10.1. The van der Waals surface area contributed by atoms with Gasteiger partial charge in [0.25, 0.3) is 0 Å². The maximum Gasteiger partial charge on any atom is 0.131 e. The Labute approximate surface area is 101 Å². The van der Waals surface area contributed by atoms with E-state index >= 15 is 0 Å². The van der Waals surface area contributed by atoms with Crippen LogP contribution in [0.3, 0.4) is 0 Å². The zero-order valence-corrected chi connectivity index (χ0v) is 10.1. The van der Waals surface area contributed by atoms with Crippen LogP contribution in [0.5, 0.6) is 0 Å². The number of aromatic nitrogens is 2. The molecule has 6 nitrogen and oxygen atoms in total. The number of morpholine rings is 1. The van der Waals surface area contributed by atoms with Gasteiger partial charge in [0.2, 0.25) is 0 Å². The van der Waals surface area contributed by atoms with Gasteiger partial charge in [0.15, 0.2) is 0 Å². The Hall–Kier alpha value is -1.40. The van der Waals surface area contributed by atoms with E-state index in [1.54, 1.807) is 6.33 Å². The largest absolute Gasteiger partial charge is 0.378 e. The molecule has 2 rings (SSSR count). The first-order valence-electron chi connectivity index (χ1n) is 5.99. The van der Waals surface area contributed by atoms with Gasteiger partial charge in [-0.25, -0.2) is 9.97 Å². The standard InChI is InChI=1S/C11H19N5O/c1-2-12-10-5-11(16-8-15-10)14-6-9-7-17-4-3-13-9/h5,8-9,13H,2-4,6-7H2,1H3,(H2,12,14,15,16). The summed E-state index contributed by atoms with van der Waals surface area (Å²) in [5.74, 6) is 1.68. The van der Waals surface area contributed by atoms with Gasteiger partial charge in [-0.05, 0) is 6.92 Å². The van der Waals surface area contributed by atoms with E-state index in [1.807, 2.05) is 13.0 Å². The minimum absolute atomic E-state index is 0.348. The molecule has 6 heteroatoms. The molecule has 17 heavy (non-hydrogen) atoms. The van der Waals surface area contributed by atoms with Crippen LogP contribution in [0.2, 0.25) is 0 Å². The average molecular weight is 237 g/mol. The molecule has 1 unspecified atom stereocenters. The molecule has 1 aliphatic heterocycles. The number of ether oxygens (including phenoxy) is 1. The van der Waals surface area contributed by atoms with Crippen molar-refractivity contribution < 1.29 is 4.74 Å². The highest BCUT2D eigenvalue weighted by Gasteiger charge is 2.12. The lowest BCUT2D eigenvalue weighted by atomic mass is 10.3. The van der Waals surface area contributed by atoms with E-state index in [0.29, 0.717) is 6.04 Å². The Kier molecular flexibility index (Phi) is 4.52. The predicted molar refractivity (Wildman–Crippen MR) is 67.3 cm³/mol. The van der Waals surface area contributed by atoms with Crippen molar-refractivity contribution in [1.82, 2.24) is 15.3 Å². The van der Waals surface area contributed by atoms with Crippen LogP contribution in [-0.2, 0) is 4.74 Å². The maximum atomic E-state index is 5.39. The Balaban J connectivity index is 1.83. The highest BCUT2D eigenvalue weighted by molar-refractivity contribution is 5.46. The van der Waals surface area contributed by atoms with Gasteiger partial charge in [0.1, 0.15) is 18.0 Å². The third kappa shape index (κ3) is 3.83. The summed E-state index contributed by atoms with van der Waals surface area (Å²) in [5, 5.41) is 9.82. The summed E-state index contributed by atoms with van der Waals surface area (Å²) in [6, 6.07) is 2.26. The van der Waals surface area contributed by atoms with E-state index in [2.05, 4.69) is 25.9 Å². The molecule has 1 saturated heterocycles. The molecule has 2 heterocycles. The van der Waals surface area contributed by atoms with Gasteiger partial charge in [-0.3, -0.25) is 0 Å². The van der Waals surface area contributed by atoms with Crippen molar-refractivity contribution in [3.8, 4) is 0 Å². The van der Waals surface area contributed by atoms with Gasteiger partial charge in [-0.1, -0.05) is 0 Å². The monoisotopic (exact) mass is 237 g/mol. The van der Waals surface area contributed by atoms with E-state index < -0.39 is 0 Å². The normalized spacial score (nSPS) is 19.9. The van der Waals surface area contributed by atoms with Gasteiger partial charge in [0, 0.05) is 31.7 Å². The highest BCUT2D eigenvalue weighted by Crippen LogP contribution is 2.08. The lowest BCUT2D eigenvalue weighted by Gasteiger charge is -2.24. The molecule has 0 aliphatic carbocycles. The fraction of sp³-hybridized carbons (Fsp3) is 0.636. The second kappa shape index (κ2) is 6.36. The summed E-state index contributed by atoms with van der Waals surface area (Å²) in [4.78, 5) is 8.30. The van der Waals surface area contributed by atoms with E-state index in [4.69, 9.17) is 4.74 Å². The molecule has 1 atom stereocenters. The van der Waals surface area contributed by atoms with Crippen LogP contribution >= 0.6 is 0 Å². The predicted octanol–water partition coefficient (Wildman–Crippen LogP) is 0.309. The van der Waals surface area contributed by atoms with Gasteiger partial charge in [-0.15, -0.1) is 0 Å². The van der Waals surface area contributed by atoms with Crippen molar-refractivity contribution in [2.24, 2.45) is 0 Å². The second-order valence-electron chi connectivity index (χ2n) is 3.93. The molecule has 1 aromatic heterocycles. The Morgan fingerprint density at radius 2 is 2.24 bits per heavy atom. The number of rotatable bonds is 5. The molecule has 0 saturated carbocycles. The number of anilines is 2. The zero-order chi connectivity index (χ0) is 11.9. The molecule has 1 fully saturated rings. The van der Waals surface area contributed by atoms with Crippen LogP contribution in [0.25, 0.3) is 0 Å². The van der Waals surface area contributed by atoms with Gasteiger partial charge < -0.3 is 20.7 Å². The van der Waals surface area contributed by atoms with E-state index in [9.17, 15) is 0 Å². The van der Waals surface area contributed by atoms with Crippen LogP contribution in [0, 0.1) is 0 Å². The van der Waals surface area contributed by atoms with Crippen LogP contribution in [0.1, 0.15) is 6.92 Å². The summed E-state index contributed by atoms with van der Waals surface area (Å²) in [6.07, 6.45) is 1.56. The molecule has 0 bridgehead atoms. The molecule has 94 valence electrons. The molecule has 0 amide bonds. The number of hydrogen-bond acceptors (Lipinski definition) is 6. The van der Waals surface area contributed by atoms with Crippen LogP contribution in [0.15, 0.2) is 12.4 Å². The van der Waals surface area contributed by atoms with E-state index in [0.717, 1.165) is 44.5 Å². The van der Waals surface area contributed by atoms with Crippen molar-refractivity contribution in [1.29, 1.82) is 0 Å². The van der Waals surface area contributed by atoms with E-state index in [-0.39, 0.29) is 0 Å². The van der Waals surface area contributed by atoms with E-state index in [1.165, 1.54) is 0 Å². The second-order valence-corrected chi connectivity index (χ2v) is 3.93. The first-order chi connectivity index (χ1) is 8.38. The molecule has 3 N–H and O–H groups in total. The summed E-state index contributed by atoms with van der Waals surface area (Å²) >= 11 is 0. The minimum atomic E-state index is 0.348. The van der Waals surface area contributed by atoms with Crippen molar-refractivity contribution in [2.45, 2.75) is 13.0 Å². The number of nitrogens with zero attached hydrogens (tertiary/aromatic N) is 2. The van der Waals surface area contributed by atoms with Crippen molar-refractivity contribution in [2.75, 3.05) is 43.5 Å². The lowest BCUT2D eigenvalue weighted by Crippen LogP contribution is -2.45. The van der Waals surface area contributed by atoms with Gasteiger partial charge in [-0.2, -0.15) is 0 Å².